The zero-order valence-electron chi connectivity index (χ0n) is 16.8. The lowest BCUT2D eigenvalue weighted by atomic mass is 9.96. The summed E-state index contributed by atoms with van der Waals surface area (Å²) >= 11 is 1.04. The largest absolute Gasteiger partial charge is 0.504 e. The van der Waals surface area contributed by atoms with Gasteiger partial charge >= 0.3 is 0 Å². The molecule has 1 aromatic heterocycles. The molecule has 9 nitrogen and oxygen atoms in total. The number of phenols is 2. The Bertz CT molecular complexity index is 1050. The monoisotopic (exact) mass is 427 g/mol. The van der Waals surface area contributed by atoms with Crippen molar-refractivity contribution < 1.29 is 19.7 Å². The van der Waals surface area contributed by atoms with Crippen molar-refractivity contribution in [1.29, 1.82) is 10.5 Å². The third-order valence-electron chi connectivity index (χ3n) is 4.43. The van der Waals surface area contributed by atoms with Crippen LogP contribution in [-0.2, 0) is 4.79 Å². The molecule has 0 saturated carbocycles. The van der Waals surface area contributed by atoms with Crippen LogP contribution in [0.4, 0.5) is 5.82 Å². The van der Waals surface area contributed by atoms with Crippen molar-refractivity contribution in [1.82, 2.24) is 9.88 Å². The average Bonchev–Trinajstić information content (AvgIpc) is 2.74. The Hall–Kier alpha value is -3.63. The maximum atomic E-state index is 12.3. The first-order chi connectivity index (χ1) is 14.3. The zero-order chi connectivity index (χ0) is 22.4. The fourth-order valence-electron chi connectivity index (χ4n) is 2.88. The van der Waals surface area contributed by atoms with Crippen LogP contribution in [0.2, 0.25) is 0 Å². The van der Waals surface area contributed by atoms with Crippen molar-refractivity contribution in [3.63, 3.8) is 0 Å². The highest BCUT2D eigenvalue weighted by atomic mass is 32.2. The Kier molecular flexibility index (Phi) is 7.34. The average molecular weight is 427 g/mol. The van der Waals surface area contributed by atoms with Crippen LogP contribution in [0.3, 0.4) is 0 Å². The van der Waals surface area contributed by atoms with Gasteiger partial charge in [0.1, 0.15) is 28.5 Å². The lowest BCUT2D eigenvalue weighted by Gasteiger charge is -2.19. The van der Waals surface area contributed by atoms with Gasteiger partial charge in [0.05, 0.1) is 18.4 Å². The maximum absolute atomic E-state index is 12.3. The Morgan fingerprint density at radius 3 is 2.40 bits per heavy atom. The summed E-state index contributed by atoms with van der Waals surface area (Å²) in [4.78, 5) is 18.1. The number of nitrogen functional groups attached to an aromatic ring is 1. The van der Waals surface area contributed by atoms with Crippen molar-refractivity contribution in [2.24, 2.45) is 0 Å². The van der Waals surface area contributed by atoms with Gasteiger partial charge < -0.3 is 25.6 Å². The zero-order valence-corrected chi connectivity index (χ0v) is 17.6. The second-order valence-electron chi connectivity index (χ2n) is 6.05. The molecule has 0 bridgehead atoms. The molecule has 0 aliphatic carbocycles. The normalized spacial score (nSPS) is 10.2. The first kappa shape index (κ1) is 22.7. The fraction of sp³-hybridized carbons (Fsp3) is 0.300. The SMILES string of the molecule is CCN(CC)C(=O)CSc1nc(N)c(C#N)c(-c2cc(O)c(O)c(OC)c2)c1C#N. The van der Waals surface area contributed by atoms with Gasteiger partial charge in [-0.25, -0.2) is 4.98 Å². The third kappa shape index (κ3) is 4.34. The van der Waals surface area contributed by atoms with Crippen molar-refractivity contribution >= 4 is 23.5 Å². The number of amides is 1. The number of hydrogen-bond acceptors (Lipinski definition) is 9. The standard InChI is InChI=1S/C20H21N5O4S/c1-4-25(5-2)16(27)10-30-20-13(9-22)17(12(8-21)19(23)24-20)11-6-14(26)18(28)15(7-11)29-3/h6-7,26,28H,4-5,10H2,1-3H3,(H2,23,24). The van der Waals surface area contributed by atoms with E-state index >= 15 is 0 Å². The van der Waals surface area contributed by atoms with Crippen LogP contribution >= 0.6 is 11.8 Å². The molecular weight excluding hydrogens is 406 g/mol. The topological polar surface area (TPSA) is 156 Å². The molecule has 0 aliphatic heterocycles. The molecule has 2 aromatic rings. The van der Waals surface area contributed by atoms with E-state index in [4.69, 9.17) is 10.5 Å². The molecule has 1 heterocycles. The molecule has 0 saturated heterocycles. The number of thioether (sulfide) groups is 1. The van der Waals surface area contributed by atoms with Crippen molar-refractivity contribution in [2.45, 2.75) is 18.9 Å². The van der Waals surface area contributed by atoms with Crippen LogP contribution < -0.4 is 10.5 Å². The van der Waals surface area contributed by atoms with Gasteiger partial charge in [0.2, 0.25) is 11.7 Å². The Morgan fingerprint density at radius 1 is 1.23 bits per heavy atom. The van der Waals surface area contributed by atoms with Gasteiger partial charge in [0.15, 0.2) is 11.5 Å². The summed E-state index contributed by atoms with van der Waals surface area (Å²) in [5.41, 5.74) is 6.31. The number of benzene rings is 1. The molecule has 0 fully saturated rings. The van der Waals surface area contributed by atoms with Gasteiger partial charge in [0, 0.05) is 18.7 Å². The Morgan fingerprint density at radius 2 is 1.87 bits per heavy atom. The number of anilines is 1. The summed E-state index contributed by atoms with van der Waals surface area (Å²) in [7, 11) is 1.30. The summed E-state index contributed by atoms with van der Waals surface area (Å²) < 4.78 is 5.05. The van der Waals surface area contributed by atoms with Gasteiger partial charge in [-0.2, -0.15) is 10.5 Å². The number of aromatic hydroxyl groups is 2. The van der Waals surface area contributed by atoms with Crippen LogP contribution in [0, 0.1) is 22.7 Å². The van der Waals surface area contributed by atoms with Gasteiger partial charge in [0.25, 0.3) is 0 Å². The maximum Gasteiger partial charge on any atom is 0.232 e. The highest BCUT2D eigenvalue weighted by molar-refractivity contribution is 8.00. The van der Waals surface area contributed by atoms with Gasteiger partial charge in [-0.3, -0.25) is 4.79 Å². The molecule has 0 unspecified atom stereocenters. The molecule has 0 atom stereocenters. The minimum absolute atomic E-state index is 0.0326. The predicted octanol–water partition coefficient (Wildman–Crippen LogP) is 2.45. The van der Waals surface area contributed by atoms with Gasteiger partial charge in [-0.1, -0.05) is 11.8 Å². The molecule has 1 aromatic carbocycles. The first-order valence-corrected chi connectivity index (χ1v) is 9.95. The number of hydrogen-bond donors (Lipinski definition) is 3. The lowest BCUT2D eigenvalue weighted by molar-refractivity contribution is -0.127. The minimum Gasteiger partial charge on any atom is -0.504 e. The summed E-state index contributed by atoms with van der Waals surface area (Å²) in [6.45, 7) is 4.85. The Balaban J connectivity index is 2.64. The van der Waals surface area contributed by atoms with E-state index in [9.17, 15) is 25.5 Å². The quantitative estimate of drug-likeness (QED) is 0.446. The molecule has 30 heavy (non-hydrogen) atoms. The first-order valence-electron chi connectivity index (χ1n) is 8.97. The summed E-state index contributed by atoms with van der Waals surface area (Å²) in [6, 6.07) is 6.52. The fourth-order valence-corrected chi connectivity index (χ4v) is 3.78. The van der Waals surface area contributed by atoms with E-state index < -0.39 is 11.5 Å². The minimum atomic E-state index is -0.488. The van der Waals surface area contributed by atoms with Crippen molar-refractivity contribution in [3.05, 3.63) is 23.3 Å². The number of carbonyl (C=O) groups is 1. The summed E-state index contributed by atoms with van der Waals surface area (Å²) in [5.74, 6) is -1.20. The van der Waals surface area contributed by atoms with Gasteiger partial charge in [-0.15, -0.1) is 0 Å². The molecular formula is C20H21N5O4S. The molecule has 156 valence electrons. The molecule has 2 rings (SSSR count). The second-order valence-corrected chi connectivity index (χ2v) is 7.02. The van der Waals surface area contributed by atoms with E-state index in [1.807, 2.05) is 26.0 Å². The van der Waals surface area contributed by atoms with Crippen LogP contribution in [0.1, 0.15) is 25.0 Å². The lowest BCUT2D eigenvalue weighted by Crippen LogP contribution is -2.31. The highest BCUT2D eigenvalue weighted by Gasteiger charge is 2.23. The van der Waals surface area contributed by atoms with Crippen LogP contribution in [0.15, 0.2) is 17.2 Å². The number of carbonyl (C=O) groups excluding carboxylic acids is 1. The third-order valence-corrected chi connectivity index (χ3v) is 5.39. The van der Waals surface area contributed by atoms with Crippen LogP contribution in [0.25, 0.3) is 11.1 Å². The predicted molar refractivity (Wildman–Crippen MR) is 112 cm³/mol. The van der Waals surface area contributed by atoms with E-state index in [1.54, 1.807) is 4.90 Å². The number of rotatable bonds is 7. The number of methoxy groups -OCH3 is 1. The van der Waals surface area contributed by atoms with Gasteiger partial charge in [-0.05, 0) is 31.5 Å². The van der Waals surface area contributed by atoms with E-state index in [1.165, 1.54) is 19.2 Å². The van der Waals surface area contributed by atoms with E-state index in [0.717, 1.165) is 11.8 Å². The second kappa shape index (κ2) is 9.72. The Labute approximate surface area is 178 Å². The molecule has 10 heteroatoms. The molecule has 0 spiro atoms. The van der Waals surface area contributed by atoms with E-state index in [0.29, 0.717) is 13.1 Å². The smallest absolute Gasteiger partial charge is 0.232 e. The van der Waals surface area contributed by atoms with Crippen molar-refractivity contribution in [3.8, 4) is 40.5 Å². The summed E-state index contributed by atoms with van der Waals surface area (Å²) in [5, 5.41) is 39.5. The number of ether oxygens (including phenoxy) is 1. The number of pyridine rings is 1. The molecule has 0 radical (unpaired) electrons. The number of nitriles is 2. The van der Waals surface area contributed by atoms with E-state index in [2.05, 4.69) is 4.98 Å². The number of phenolic OH excluding ortho intramolecular Hbond substituents is 2. The number of nitrogens with zero attached hydrogens (tertiary/aromatic N) is 4. The molecule has 0 aliphatic rings. The van der Waals surface area contributed by atoms with E-state index in [-0.39, 0.29) is 50.5 Å². The molecule has 1 amide bonds. The van der Waals surface area contributed by atoms with Crippen LogP contribution in [-0.4, -0.2) is 52.0 Å². The number of aromatic nitrogens is 1. The number of nitrogens with two attached hydrogens (primary N) is 1. The molecule has 4 N–H and O–H groups in total. The van der Waals surface area contributed by atoms with Crippen LogP contribution in [0.5, 0.6) is 17.2 Å². The summed E-state index contributed by atoms with van der Waals surface area (Å²) in [6.07, 6.45) is 0. The van der Waals surface area contributed by atoms with Crippen molar-refractivity contribution in [2.75, 3.05) is 31.7 Å². The highest BCUT2D eigenvalue weighted by Crippen LogP contribution is 2.43.